The molecule has 168 valence electrons. The lowest BCUT2D eigenvalue weighted by Crippen LogP contribution is -2.50. The maximum atomic E-state index is 13.0. The van der Waals surface area contributed by atoms with Crippen LogP contribution in [0.15, 0.2) is 75.7 Å². The Kier molecular flexibility index (Phi) is 5.79. The topological polar surface area (TPSA) is 75.6 Å². The fourth-order valence-corrected chi connectivity index (χ4v) is 4.39. The summed E-state index contributed by atoms with van der Waals surface area (Å²) in [5.74, 6) is 2.57. The minimum absolute atomic E-state index is 0.0180. The highest BCUT2D eigenvalue weighted by Crippen LogP contribution is 2.30. The Labute approximate surface area is 192 Å². The molecule has 1 unspecified atom stereocenters. The van der Waals surface area contributed by atoms with Crippen molar-refractivity contribution in [2.45, 2.75) is 19.9 Å². The summed E-state index contributed by atoms with van der Waals surface area (Å²) < 4.78 is 11.3. The summed E-state index contributed by atoms with van der Waals surface area (Å²) in [6.07, 6.45) is 0. The van der Waals surface area contributed by atoms with Gasteiger partial charge in [-0.2, -0.15) is 4.98 Å². The zero-order chi connectivity index (χ0) is 22.8. The second-order valence-corrected chi connectivity index (χ2v) is 8.29. The van der Waals surface area contributed by atoms with E-state index in [4.69, 9.17) is 13.9 Å². The molecular weight excluding hydrogens is 416 g/mol. The zero-order valence-corrected chi connectivity index (χ0v) is 18.8. The van der Waals surface area contributed by atoms with Gasteiger partial charge in [0.1, 0.15) is 17.6 Å². The fourth-order valence-electron chi connectivity index (χ4n) is 4.39. The smallest absolute Gasteiger partial charge is 0.257 e. The molecule has 5 rings (SSSR count). The van der Waals surface area contributed by atoms with Crippen LogP contribution in [-0.4, -0.2) is 52.0 Å². The van der Waals surface area contributed by atoms with Crippen LogP contribution in [0.1, 0.15) is 39.4 Å². The SMILES string of the molecule is Cc1cc(C(=O)N2CCN(C(c3ccccc3)c3nc(-c4ccccc4)no3)CC2)c(C)o1. The van der Waals surface area contributed by atoms with Gasteiger partial charge in [-0.25, -0.2) is 0 Å². The summed E-state index contributed by atoms with van der Waals surface area (Å²) in [5, 5.41) is 4.23. The number of nitrogens with zero attached hydrogens (tertiary/aromatic N) is 4. The first-order chi connectivity index (χ1) is 16.1. The van der Waals surface area contributed by atoms with Gasteiger partial charge in [0.05, 0.1) is 5.56 Å². The van der Waals surface area contributed by atoms with Crippen molar-refractivity contribution >= 4 is 5.91 Å². The van der Waals surface area contributed by atoms with Gasteiger partial charge >= 0.3 is 0 Å². The van der Waals surface area contributed by atoms with Crippen LogP contribution in [0, 0.1) is 13.8 Å². The lowest BCUT2D eigenvalue weighted by atomic mass is 10.0. The van der Waals surface area contributed by atoms with Crippen LogP contribution in [0.3, 0.4) is 0 Å². The van der Waals surface area contributed by atoms with Crippen LogP contribution < -0.4 is 0 Å². The van der Waals surface area contributed by atoms with Gasteiger partial charge in [0.15, 0.2) is 0 Å². The van der Waals surface area contributed by atoms with Gasteiger partial charge in [-0.1, -0.05) is 65.8 Å². The Morgan fingerprint density at radius 2 is 1.61 bits per heavy atom. The number of carbonyl (C=O) groups is 1. The molecule has 0 radical (unpaired) electrons. The van der Waals surface area contributed by atoms with E-state index in [1.807, 2.05) is 73.3 Å². The summed E-state index contributed by atoms with van der Waals surface area (Å²) in [6, 6.07) is 21.6. The summed E-state index contributed by atoms with van der Waals surface area (Å²) in [5.41, 5.74) is 2.65. The zero-order valence-electron chi connectivity index (χ0n) is 18.8. The average Bonchev–Trinajstić information content (AvgIpc) is 3.47. The summed E-state index contributed by atoms with van der Waals surface area (Å²) in [6.45, 7) is 6.33. The highest BCUT2D eigenvalue weighted by atomic mass is 16.5. The minimum Gasteiger partial charge on any atom is -0.466 e. The number of hydrogen-bond acceptors (Lipinski definition) is 6. The predicted octanol–water partition coefficient (Wildman–Crippen LogP) is 4.49. The van der Waals surface area contributed by atoms with Crippen LogP contribution in [0.5, 0.6) is 0 Å². The Morgan fingerprint density at radius 1 is 0.939 bits per heavy atom. The third kappa shape index (κ3) is 4.32. The van der Waals surface area contributed by atoms with Crippen molar-refractivity contribution in [3.63, 3.8) is 0 Å². The van der Waals surface area contributed by atoms with Crippen LogP contribution in [0.4, 0.5) is 0 Å². The number of furan rings is 1. The van der Waals surface area contributed by atoms with E-state index in [-0.39, 0.29) is 11.9 Å². The van der Waals surface area contributed by atoms with Crippen molar-refractivity contribution in [2.24, 2.45) is 0 Å². The summed E-state index contributed by atoms with van der Waals surface area (Å²) in [4.78, 5) is 21.9. The van der Waals surface area contributed by atoms with Crippen LogP contribution in [0.2, 0.25) is 0 Å². The number of rotatable bonds is 5. The molecule has 1 aliphatic heterocycles. The van der Waals surface area contributed by atoms with Crippen molar-refractivity contribution in [3.8, 4) is 11.4 Å². The average molecular weight is 443 g/mol. The lowest BCUT2D eigenvalue weighted by molar-refractivity contribution is 0.0571. The van der Waals surface area contributed by atoms with Gasteiger partial charge in [0, 0.05) is 31.7 Å². The summed E-state index contributed by atoms with van der Waals surface area (Å²) >= 11 is 0. The Morgan fingerprint density at radius 3 is 2.24 bits per heavy atom. The molecule has 7 heteroatoms. The number of aromatic nitrogens is 2. The van der Waals surface area contributed by atoms with E-state index in [9.17, 15) is 4.79 Å². The van der Waals surface area contributed by atoms with Gasteiger partial charge in [-0.3, -0.25) is 9.69 Å². The third-order valence-corrected chi connectivity index (χ3v) is 6.06. The van der Waals surface area contributed by atoms with Crippen molar-refractivity contribution in [1.29, 1.82) is 0 Å². The fraction of sp³-hybridized carbons (Fsp3) is 0.269. The molecule has 0 N–H and O–H groups in total. The Hall–Kier alpha value is -3.71. The highest BCUT2D eigenvalue weighted by Gasteiger charge is 2.32. The molecule has 7 nitrogen and oxygen atoms in total. The molecule has 1 fully saturated rings. The first-order valence-corrected chi connectivity index (χ1v) is 11.1. The predicted molar refractivity (Wildman–Crippen MR) is 124 cm³/mol. The normalized spacial score (nSPS) is 15.5. The standard InChI is InChI=1S/C26H26N4O3/c1-18-17-22(19(2)32-18)26(31)30-15-13-29(14-16-30)23(20-9-5-3-6-10-20)25-27-24(28-33-25)21-11-7-4-8-12-21/h3-12,17,23H,13-16H2,1-2H3. The molecular formula is C26H26N4O3. The maximum Gasteiger partial charge on any atom is 0.257 e. The van der Waals surface area contributed by atoms with Crippen LogP contribution in [-0.2, 0) is 0 Å². The molecule has 1 saturated heterocycles. The van der Waals surface area contributed by atoms with Crippen LogP contribution >= 0.6 is 0 Å². The van der Waals surface area contributed by atoms with Crippen LogP contribution in [0.25, 0.3) is 11.4 Å². The van der Waals surface area contributed by atoms with Gasteiger partial charge in [0.25, 0.3) is 5.91 Å². The number of carbonyl (C=O) groups excluding carboxylic acids is 1. The first-order valence-electron chi connectivity index (χ1n) is 11.1. The number of aryl methyl sites for hydroxylation is 2. The molecule has 3 heterocycles. The van der Waals surface area contributed by atoms with Crippen molar-refractivity contribution in [3.05, 3.63) is 95.3 Å². The minimum atomic E-state index is -0.175. The van der Waals surface area contributed by atoms with Gasteiger partial charge in [-0.05, 0) is 25.5 Å². The Bertz CT molecular complexity index is 1220. The van der Waals surface area contributed by atoms with E-state index in [2.05, 4.69) is 22.2 Å². The van der Waals surface area contributed by atoms with Crippen molar-refractivity contribution in [1.82, 2.24) is 19.9 Å². The van der Waals surface area contributed by atoms with E-state index in [0.717, 1.165) is 16.9 Å². The lowest BCUT2D eigenvalue weighted by Gasteiger charge is -2.38. The largest absolute Gasteiger partial charge is 0.466 e. The van der Waals surface area contributed by atoms with E-state index < -0.39 is 0 Å². The molecule has 0 spiro atoms. The van der Waals surface area contributed by atoms with E-state index >= 15 is 0 Å². The molecule has 0 bridgehead atoms. The highest BCUT2D eigenvalue weighted by molar-refractivity contribution is 5.95. The molecule has 4 aromatic rings. The molecule has 2 aromatic carbocycles. The molecule has 2 aromatic heterocycles. The van der Waals surface area contributed by atoms with Crippen molar-refractivity contribution < 1.29 is 13.7 Å². The number of hydrogen-bond donors (Lipinski definition) is 0. The van der Waals surface area contributed by atoms with E-state index in [1.54, 1.807) is 0 Å². The second kappa shape index (κ2) is 9.03. The molecule has 33 heavy (non-hydrogen) atoms. The third-order valence-electron chi connectivity index (χ3n) is 6.06. The number of amides is 1. The molecule has 0 aliphatic carbocycles. The monoisotopic (exact) mass is 442 g/mol. The van der Waals surface area contributed by atoms with Gasteiger partial charge in [-0.15, -0.1) is 0 Å². The number of piperazine rings is 1. The van der Waals surface area contributed by atoms with Gasteiger partial charge in [0.2, 0.25) is 11.7 Å². The Balaban J connectivity index is 1.37. The van der Waals surface area contributed by atoms with Crippen molar-refractivity contribution in [2.75, 3.05) is 26.2 Å². The molecule has 1 atom stereocenters. The summed E-state index contributed by atoms with van der Waals surface area (Å²) in [7, 11) is 0. The maximum absolute atomic E-state index is 13.0. The van der Waals surface area contributed by atoms with Gasteiger partial charge < -0.3 is 13.8 Å². The van der Waals surface area contributed by atoms with E-state index in [1.165, 1.54) is 0 Å². The first kappa shape index (κ1) is 21.2. The molecule has 0 saturated carbocycles. The quantitative estimate of drug-likeness (QED) is 0.453. The number of benzene rings is 2. The molecule has 1 aliphatic rings. The molecule has 1 amide bonds. The second-order valence-electron chi connectivity index (χ2n) is 8.29. The van der Waals surface area contributed by atoms with E-state index in [0.29, 0.717) is 49.2 Å².